The summed E-state index contributed by atoms with van der Waals surface area (Å²) < 4.78 is 5.84. The van der Waals surface area contributed by atoms with Crippen molar-refractivity contribution >= 4 is 0 Å². The molecule has 0 aromatic heterocycles. The molecule has 2 aromatic rings. The van der Waals surface area contributed by atoms with Crippen LogP contribution in [0.25, 0.3) is 0 Å². The van der Waals surface area contributed by atoms with Gasteiger partial charge in [0.1, 0.15) is 5.75 Å². The molecule has 112 valence electrons. The smallest absolute Gasteiger partial charge is 0.124 e. The Bertz CT molecular complexity index is 565. The first kappa shape index (κ1) is 15.6. The van der Waals surface area contributed by atoms with Gasteiger partial charge in [0.25, 0.3) is 0 Å². The van der Waals surface area contributed by atoms with Crippen LogP contribution in [0.5, 0.6) is 5.75 Å². The van der Waals surface area contributed by atoms with Gasteiger partial charge in [-0.15, -0.1) is 0 Å². The lowest BCUT2D eigenvalue weighted by atomic mass is 10.1. The van der Waals surface area contributed by atoms with E-state index in [9.17, 15) is 0 Å². The van der Waals surface area contributed by atoms with Crippen LogP contribution in [0.2, 0.25) is 0 Å². The van der Waals surface area contributed by atoms with E-state index in [0.717, 1.165) is 25.3 Å². The van der Waals surface area contributed by atoms with Crippen molar-refractivity contribution in [2.45, 2.75) is 39.8 Å². The number of benzene rings is 2. The Morgan fingerprint density at radius 1 is 1.10 bits per heavy atom. The molecule has 2 aromatic carbocycles. The Balaban J connectivity index is 2.01. The third-order valence-electron chi connectivity index (χ3n) is 3.54. The molecule has 0 heterocycles. The summed E-state index contributed by atoms with van der Waals surface area (Å²) in [5.74, 6) is 0.989. The quantitative estimate of drug-likeness (QED) is 0.799. The first-order valence-corrected chi connectivity index (χ1v) is 7.71. The molecule has 21 heavy (non-hydrogen) atoms. The summed E-state index contributed by atoms with van der Waals surface area (Å²) in [6.07, 6.45) is 1.03. The number of para-hydroxylation sites is 1. The van der Waals surface area contributed by atoms with Crippen molar-refractivity contribution in [1.29, 1.82) is 0 Å². The van der Waals surface area contributed by atoms with Crippen LogP contribution in [-0.4, -0.2) is 6.61 Å². The van der Waals surface area contributed by atoms with Gasteiger partial charge < -0.3 is 10.1 Å². The fraction of sp³-hybridized carbons (Fsp3) is 0.368. The molecule has 0 aliphatic heterocycles. The number of hydrogen-bond acceptors (Lipinski definition) is 2. The number of rotatable bonds is 7. The fourth-order valence-electron chi connectivity index (χ4n) is 2.38. The SMILES string of the molecule is CCCOc1ccccc1C(C)NCc1cccc(C)c1. The van der Waals surface area contributed by atoms with Crippen LogP contribution in [0.15, 0.2) is 48.5 Å². The minimum Gasteiger partial charge on any atom is -0.493 e. The highest BCUT2D eigenvalue weighted by atomic mass is 16.5. The average Bonchev–Trinajstić information content (AvgIpc) is 2.51. The molecule has 2 nitrogen and oxygen atoms in total. The van der Waals surface area contributed by atoms with Gasteiger partial charge in [0.05, 0.1) is 6.61 Å². The molecule has 0 saturated heterocycles. The van der Waals surface area contributed by atoms with E-state index in [1.807, 2.05) is 6.07 Å². The highest BCUT2D eigenvalue weighted by Gasteiger charge is 2.10. The summed E-state index contributed by atoms with van der Waals surface area (Å²) in [5, 5.41) is 3.58. The van der Waals surface area contributed by atoms with Crippen molar-refractivity contribution in [3.05, 3.63) is 65.2 Å². The number of ether oxygens (including phenoxy) is 1. The Kier molecular flexibility index (Phi) is 5.82. The lowest BCUT2D eigenvalue weighted by molar-refractivity contribution is 0.310. The van der Waals surface area contributed by atoms with Crippen molar-refractivity contribution in [3.63, 3.8) is 0 Å². The van der Waals surface area contributed by atoms with Crippen molar-refractivity contribution in [1.82, 2.24) is 5.32 Å². The topological polar surface area (TPSA) is 21.3 Å². The molecule has 2 rings (SSSR count). The van der Waals surface area contributed by atoms with Crippen LogP contribution in [0, 0.1) is 6.92 Å². The van der Waals surface area contributed by atoms with E-state index in [0.29, 0.717) is 0 Å². The van der Waals surface area contributed by atoms with Crippen LogP contribution in [0.4, 0.5) is 0 Å². The molecule has 1 atom stereocenters. The second kappa shape index (κ2) is 7.84. The predicted molar refractivity (Wildman–Crippen MR) is 88.7 cm³/mol. The van der Waals surface area contributed by atoms with Crippen LogP contribution in [-0.2, 0) is 6.54 Å². The van der Waals surface area contributed by atoms with E-state index in [-0.39, 0.29) is 6.04 Å². The molecular weight excluding hydrogens is 258 g/mol. The predicted octanol–water partition coefficient (Wildman–Crippen LogP) is 4.63. The van der Waals surface area contributed by atoms with Gasteiger partial charge in [0, 0.05) is 18.2 Å². The zero-order valence-electron chi connectivity index (χ0n) is 13.2. The lowest BCUT2D eigenvalue weighted by Crippen LogP contribution is -2.19. The summed E-state index contributed by atoms with van der Waals surface area (Å²) in [6.45, 7) is 8.07. The third kappa shape index (κ3) is 4.61. The standard InChI is InChI=1S/C19H25NO/c1-4-12-21-19-11-6-5-10-18(19)16(3)20-14-17-9-7-8-15(2)13-17/h5-11,13,16,20H,4,12,14H2,1-3H3. The van der Waals surface area contributed by atoms with E-state index < -0.39 is 0 Å². The maximum atomic E-state index is 5.84. The highest BCUT2D eigenvalue weighted by Crippen LogP contribution is 2.25. The van der Waals surface area contributed by atoms with Gasteiger partial charge >= 0.3 is 0 Å². The highest BCUT2D eigenvalue weighted by molar-refractivity contribution is 5.35. The van der Waals surface area contributed by atoms with Gasteiger partial charge in [0.2, 0.25) is 0 Å². The second-order valence-electron chi connectivity index (χ2n) is 5.48. The Labute approximate surface area is 128 Å². The van der Waals surface area contributed by atoms with Crippen LogP contribution in [0.1, 0.15) is 43.0 Å². The molecule has 2 heteroatoms. The maximum Gasteiger partial charge on any atom is 0.124 e. The van der Waals surface area contributed by atoms with Crippen LogP contribution >= 0.6 is 0 Å². The molecule has 0 saturated carbocycles. The van der Waals surface area contributed by atoms with Crippen LogP contribution in [0.3, 0.4) is 0 Å². The monoisotopic (exact) mass is 283 g/mol. The van der Waals surface area contributed by atoms with E-state index in [2.05, 4.69) is 68.6 Å². The molecular formula is C19H25NO. The molecule has 1 unspecified atom stereocenters. The van der Waals surface area contributed by atoms with Gasteiger partial charge in [-0.3, -0.25) is 0 Å². The van der Waals surface area contributed by atoms with Crippen molar-refractivity contribution < 1.29 is 4.74 Å². The van der Waals surface area contributed by atoms with Crippen molar-refractivity contribution in [2.75, 3.05) is 6.61 Å². The number of hydrogen-bond donors (Lipinski definition) is 1. The Morgan fingerprint density at radius 3 is 2.67 bits per heavy atom. The number of aryl methyl sites for hydroxylation is 1. The average molecular weight is 283 g/mol. The zero-order chi connectivity index (χ0) is 15.1. The lowest BCUT2D eigenvalue weighted by Gasteiger charge is -2.18. The van der Waals surface area contributed by atoms with E-state index in [1.54, 1.807) is 0 Å². The number of nitrogens with one attached hydrogen (secondary N) is 1. The molecule has 0 radical (unpaired) electrons. The summed E-state index contributed by atoms with van der Waals surface area (Å²) in [4.78, 5) is 0. The minimum atomic E-state index is 0.263. The van der Waals surface area contributed by atoms with Gasteiger partial charge in [-0.2, -0.15) is 0 Å². The summed E-state index contributed by atoms with van der Waals surface area (Å²) in [5.41, 5.74) is 3.83. The van der Waals surface area contributed by atoms with E-state index >= 15 is 0 Å². The molecule has 0 spiro atoms. The van der Waals surface area contributed by atoms with Crippen molar-refractivity contribution in [2.24, 2.45) is 0 Å². The normalized spacial score (nSPS) is 12.1. The van der Waals surface area contributed by atoms with Gasteiger partial charge in [-0.05, 0) is 31.9 Å². The largest absolute Gasteiger partial charge is 0.493 e. The Hall–Kier alpha value is -1.80. The van der Waals surface area contributed by atoms with Gasteiger partial charge in [0.15, 0.2) is 0 Å². The first-order chi connectivity index (χ1) is 10.2. The molecule has 1 N–H and O–H groups in total. The first-order valence-electron chi connectivity index (χ1n) is 7.71. The van der Waals surface area contributed by atoms with Crippen molar-refractivity contribution in [3.8, 4) is 5.75 Å². The fourth-order valence-corrected chi connectivity index (χ4v) is 2.38. The molecule has 0 amide bonds. The molecule has 0 fully saturated rings. The second-order valence-corrected chi connectivity index (χ2v) is 5.48. The van der Waals surface area contributed by atoms with Gasteiger partial charge in [-0.25, -0.2) is 0 Å². The molecule has 0 aliphatic rings. The van der Waals surface area contributed by atoms with E-state index in [4.69, 9.17) is 4.74 Å². The third-order valence-corrected chi connectivity index (χ3v) is 3.54. The van der Waals surface area contributed by atoms with Crippen LogP contribution < -0.4 is 10.1 Å². The summed E-state index contributed by atoms with van der Waals surface area (Å²) in [7, 11) is 0. The molecule has 0 bridgehead atoms. The maximum absolute atomic E-state index is 5.84. The Morgan fingerprint density at radius 2 is 1.90 bits per heavy atom. The van der Waals surface area contributed by atoms with Gasteiger partial charge in [-0.1, -0.05) is 55.0 Å². The molecule has 0 aliphatic carbocycles. The van der Waals surface area contributed by atoms with E-state index in [1.165, 1.54) is 16.7 Å². The summed E-state index contributed by atoms with van der Waals surface area (Å²) >= 11 is 0. The summed E-state index contributed by atoms with van der Waals surface area (Å²) in [6, 6.07) is 17.2. The zero-order valence-corrected chi connectivity index (χ0v) is 13.2. The minimum absolute atomic E-state index is 0.263.